The molecule has 5 N–H and O–H groups in total. The van der Waals surface area contributed by atoms with E-state index in [1.54, 1.807) is 56.6 Å². The van der Waals surface area contributed by atoms with Crippen molar-refractivity contribution in [1.29, 1.82) is 0 Å². The number of rotatable bonds is 13. The molecule has 12 aromatic rings. The SMILES string of the molecule is COc1ccc(C(C)(O)Cn2c3c(c4cc(C)ccc42)CN(C)CC3)cn1.Cc1ccc2c(c1)c1c(n2CC(O)c2cccnc2)CCN(C)C1.Cc1ccc2c(c1)c1c(n2CC(O)c2ccncc2)CC[N+](C)(O)C1.Cc1ccc2c3c(n(CC(O)c4ccncc4)c2c1)CCN(C)C3. The zero-order chi connectivity index (χ0) is 70.1. The van der Waals surface area contributed by atoms with E-state index >= 15 is 0 Å². The summed E-state index contributed by atoms with van der Waals surface area (Å²) >= 11 is 0. The molecule has 0 saturated carbocycles. The molecule has 0 aliphatic carbocycles. The number of hydrogen-bond acceptors (Lipinski definition) is 13. The second-order valence-electron chi connectivity index (χ2n) is 28.9. The first-order valence-electron chi connectivity index (χ1n) is 35.1. The van der Waals surface area contributed by atoms with Gasteiger partial charge in [-0.15, -0.1) is 0 Å². The molecule has 4 aromatic carbocycles. The van der Waals surface area contributed by atoms with Crippen LogP contribution in [-0.4, -0.2) is 145 Å². The summed E-state index contributed by atoms with van der Waals surface area (Å²) in [5.74, 6) is 0.553. The third-order valence-electron chi connectivity index (χ3n) is 20.9. The Kier molecular flexibility index (Phi) is 20.4. The van der Waals surface area contributed by atoms with Gasteiger partial charge in [0, 0.05) is 197 Å². The number of methoxy groups -OCH3 is 1. The minimum absolute atomic E-state index is 0.0208. The van der Waals surface area contributed by atoms with Gasteiger partial charge in [0.1, 0.15) is 18.7 Å². The fourth-order valence-electron chi connectivity index (χ4n) is 15.5. The molecule has 4 aliphatic heterocycles. The van der Waals surface area contributed by atoms with Gasteiger partial charge in [0.2, 0.25) is 5.88 Å². The summed E-state index contributed by atoms with van der Waals surface area (Å²) in [7, 11) is 9.96. The number of nitrogens with zero attached hydrogens (tertiary/aromatic N) is 12. The van der Waals surface area contributed by atoms with Crippen LogP contribution in [0.3, 0.4) is 0 Å². The summed E-state index contributed by atoms with van der Waals surface area (Å²) in [6, 6.07) is 41.3. The van der Waals surface area contributed by atoms with Crippen LogP contribution in [0.2, 0.25) is 0 Å². The summed E-state index contributed by atoms with van der Waals surface area (Å²) in [5, 5.41) is 59.0. The topological polar surface area (TPSA) is 191 Å². The number of aliphatic hydroxyl groups is 4. The molecule has 0 bridgehead atoms. The molecule has 16 rings (SSSR count). The smallest absolute Gasteiger partial charge is 0.212 e. The second kappa shape index (κ2) is 29.3. The van der Waals surface area contributed by atoms with Crippen LogP contribution in [0.4, 0.5) is 0 Å². The van der Waals surface area contributed by atoms with E-state index in [0.29, 0.717) is 45.1 Å². The van der Waals surface area contributed by atoms with Gasteiger partial charge in [-0.05, 0) is 168 Å². The van der Waals surface area contributed by atoms with Crippen LogP contribution in [0, 0.1) is 27.7 Å². The number of aromatic nitrogens is 8. The lowest BCUT2D eigenvalue weighted by atomic mass is 9.97. The zero-order valence-electron chi connectivity index (χ0n) is 59.6. The maximum atomic E-state index is 11.3. The third kappa shape index (κ3) is 14.8. The predicted octanol–water partition coefficient (Wildman–Crippen LogP) is 12.4. The number of benzene rings is 4. The Labute approximate surface area is 586 Å². The van der Waals surface area contributed by atoms with E-state index in [9.17, 15) is 25.6 Å². The molecular formula is C82H97N12O6+. The van der Waals surface area contributed by atoms with E-state index in [1.165, 1.54) is 105 Å². The summed E-state index contributed by atoms with van der Waals surface area (Å²) in [6.07, 6.45) is 14.3. The van der Waals surface area contributed by atoms with Crippen LogP contribution in [0.25, 0.3) is 43.6 Å². The Morgan fingerprint density at radius 2 is 0.920 bits per heavy atom. The van der Waals surface area contributed by atoms with Gasteiger partial charge in [-0.25, -0.2) is 10.2 Å². The molecule has 520 valence electrons. The first-order valence-corrected chi connectivity index (χ1v) is 35.1. The van der Waals surface area contributed by atoms with E-state index in [0.717, 1.165) is 92.7 Å². The highest BCUT2D eigenvalue weighted by Gasteiger charge is 2.34. The van der Waals surface area contributed by atoms with Gasteiger partial charge in [0.05, 0.1) is 58.6 Å². The molecule has 5 unspecified atom stereocenters. The Morgan fingerprint density at radius 1 is 0.480 bits per heavy atom. The Morgan fingerprint density at radius 3 is 1.40 bits per heavy atom. The van der Waals surface area contributed by atoms with Crippen LogP contribution < -0.4 is 4.74 Å². The van der Waals surface area contributed by atoms with Crippen molar-refractivity contribution in [1.82, 2.24) is 52.9 Å². The average Bonchev–Trinajstić information content (AvgIpc) is 1.63. The van der Waals surface area contributed by atoms with Gasteiger partial charge in [-0.3, -0.25) is 15.0 Å². The molecule has 18 heteroatoms. The van der Waals surface area contributed by atoms with E-state index < -0.39 is 23.9 Å². The summed E-state index contributed by atoms with van der Waals surface area (Å²) in [5.41, 5.74) is 23.0. The first kappa shape index (κ1) is 69.6. The second-order valence-corrected chi connectivity index (χ2v) is 28.9. The Hall–Kier alpha value is -8.92. The molecular weight excluding hydrogens is 1250 g/mol. The lowest BCUT2D eigenvalue weighted by Crippen LogP contribution is -2.44. The van der Waals surface area contributed by atoms with Crippen LogP contribution in [0.1, 0.15) is 115 Å². The van der Waals surface area contributed by atoms with Crippen LogP contribution in [-0.2, 0) is 83.6 Å². The number of pyridine rings is 4. The van der Waals surface area contributed by atoms with Gasteiger partial charge in [0.15, 0.2) is 0 Å². The highest BCUT2D eigenvalue weighted by atomic mass is 16.5. The van der Waals surface area contributed by atoms with Crippen molar-refractivity contribution < 1.29 is 35.0 Å². The number of fused-ring (bicyclic) bond motifs is 12. The maximum absolute atomic E-state index is 11.3. The van der Waals surface area contributed by atoms with Gasteiger partial charge >= 0.3 is 0 Å². The Balaban J connectivity index is 0.000000120. The summed E-state index contributed by atoms with van der Waals surface area (Å²) in [4.78, 5) is 23.6. The number of aliphatic hydroxyl groups excluding tert-OH is 3. The number of hydroxylamine groups is 3. The molecule has 12 heterocycles. The van der Waals surface area contributed by atoms with Gasteiger partial charge in [0.25, 0.3) is 0 Å². The van der Waals surface area contributed by atoms with Gasteiger partial charge in [-0.2, -0.15) is 4.65 Å². The van der Waals surface area contributed by atoms with Crippen molar-refractivity contribution in [3.8, 4) is 5.88 Å². The minimum atomic E-state index is -1.02. The largest absolute Gasteiger partial charge is 0.481 e. The molecule has 8 aromatic heterocycles. The summed E-state index contributed by atoms with van der Waals surface area (Å²) in [6.45, 7) is 19.9. The zero-order valence-corrected chi connectivity index (χ0v) is 59.6. The lowest BCUT2D eigenvalue weighted by molar-refractivity contribution is -1.10. The van der Waals surface area contributed by atoms with Crippen molar-refractivity contribution in [3.05, 3.63) is 254 Å². The standard InChI is InChI=1S/C22H27N3O2.C20H24N3O2.2C20H23N3O/c1-15-5-7-19-17(11-15)18-13-24(3)10-9-20(18)25(19)14-22(2,26)16-6-8-21(27-4)23-12-16;1-14-3-4-18-16(11-14)17-13-23(2,25)10-7-19(17)22(18)12-20(24)15-5-8-21-9-6-15;1-14-3-4-16-17-12-22(2)10-7-18(17)23(19(16)11-14)13-20(24)15-5-8-21-9-6-15;1-14-5-6-18-16(10-14)17-12-22(2)9-7-19(17)23(18)13-20(24)15-4-3-8-21-11-15/h5-8,11-12,26H,9-10,13-14H2,1-4H3;3-6,8-9,11,20,24-25H,7,10,12-13H2,1-2H3;3-6,8-9,11,20,24H,7,10,12-13H2,1-2H3;3-6,8,10-11,20,24H,7,9,12-13H2,1-2H3/q;+1;;. The predicted molar refractivity (Wildman–Crippen MR) is 395 cm³/mol. The normalized spacial score (nSPS) is 17.7. The molecule has 0 amide bonds. The molecule has 18 nitrogen and oxygen atoms in total. The van der Waals surface area contributed by atoms with Gasteiger partial charge < -0.3 is 58.1 Å². The van der Waals surface area contributed by atoms with Crippen LogP contribution in [0.15, 0.2) is 165 Å². The average molecular weight is 1350 g/mol. The van der Waals surface area contributed by atoms with Crippen molar-refractivity contribution in [3.63, 3.8) is 0 Å². The minimum Gasteiger partial charge on any atom is -0.481 e. The van der Waals surface area contributed by atoms with Gasteiger partial charge in [-0.1, -0.05) is 53.1 Å². The molecule has 0 fully saturated rings. The highest BCUT2D eigenvalue weighted by molar-refractivity contribution is 5.89. The van der Waals surface area contributed by atoms with E-state index in [1.807, 2.05) is 56.4 Å². The van der Waals surface area contributed by atoms with Crippen molar-refractivity contribution in [2.75, 3.05) is 61.5 Å². The van der Waals surface area contributed by atoms with E-state index in [-0.39, 0.29) is 4.65 Å². The molecule has 0 spiro atoms. The number of hydrogen-bond donors (Lipinski definition) is 5. The summed E-state index contributed by atoms with van der Waals surface area (Å²) < 4.78 is 14.3. The quantitative estimate of drug-likeness (QED) is 0.0686. The number of likely N-dealkylation sites (N-methyl/N-ethyl adjacent to an activating group) is 4. The number of ether oxygens (including phenoxy) is 1. The van der Waals surface area contributed by atoms with Crippen LogP contribution in [0.5, 0.6) is 5.88 Å². The number of quaternary nitrogens is 1. The molecule has 0 radical (unpaired) electrons. The third-order valence-corrected chi connectivity index (χ3v) is 20.9. The molecule has 5 atom stereocenters. The maximum Gasteiger partial charge on any atom is 0.212 e. The van der Waals surface area contributed by atoms with Crippen molar-refractivity contribution in [2.45, 2.75) is 137 Å². The molecule has 4 aliphatic rings. The van der Waals surface area contributed by atoms with Crippen molar-refractivity contribution >= 4 is 43.6 Å². The monoisotopic (exact) mass is 1350 g/mol. The highest BCUT2D eigenvalue weighted by Crippen LogP contribution is 2.39. The fraction of sp³-hybridized carbons (Fsp3) is 0.366. The number of aryl methyl sites for hydroxylation is 4. The molecule has 100 heavy (non-hydrogen) atoms. The van der Waals surface area contributed by atoms with E-state index in [4.69, 9.17) is 4.74 Å². The van der Waals surface area contributed by atoms with Crippen molar-refractivity contribution in [2.24, 2.45) is 0 Å². The van der Waals surface area contributed by atoms with E-state index in [2.05, 4.69) is 175 Å². The first-order chi connectivity index (χ1) is 48.1. The Bertz CT molecular complexity index is 4850. The fourth-order valence-corrected chi connectivity index (χ4v) is 15.5. The van der Waals surface area contributed by atoms with Crippen LogP contribution >= 0.6 is 0 Å². The lowest BCUT2D eigenvalue weighted by Gasteiger charge is -2.30. The molecule has 0 saturated heterocycles.